The molecule has 20 heavy (non-hydrogen) atoms. The first kappa shape index (κ1) is 14.4. The molecule has 0 saturated carbocycles. The van der Waals surface area contributed by atoms with Crippen LogP contribution in [0.2, 0.25) is 0 Å². The number of aryl methyl sites for hydroxylation is 1. The van der Waals surface area contributed by atoms with E-state index in [0.717, 1.165) is 0 Å². The number of methoxy groups -OCH3 is 1. The Balaban J connectivity index is 2.31. The van der Waals surface area contributed by atoms with E-state index in [9.17, 15) is 9.18 Å². The summed E-state index contributed by atoms with van der Waals surface area (Å²) in [5, 5.41) is 0. The monoisotopic (exact) mass is 340 g/mol. The Bertz CT molecular complexity index is 664. The number of nitrogens with zero attached hydrogens (tertiary/aromatic N) is 2. The van der Waals surface area contributed by atoms with Gasteiger partial charge in [-0.1, -0.05) is 0 Å². The first-order valence-electron chi connectivity index (χ1n) is 5.56. The van der Waals surface area contributed by atoms with Crippen LogP contribution in [-0.4, -0.2) is 23.0 Å². The summed E-state index contributed by atoms with van der Waals surface area (Å²) in [5.41, 5.74) is 0.552. The lowest BCUT2D eigenvalue weighted by Crippen LogP contribution is -2.09. The van der Waals surface area contributed by atoms with Crippen molar-refractivity contribution in [3.63, 3.8) is 0 Å². The molecular formula is C13H10BrFN2O3. The van der Waals surface area contributed by atoms with E-state index in [1.807, 2.05) is 0 Å². The van der Waals surface area contributed by atoms with Gasteiger partial charge in [0.25, 0.3) is 0 Å². The summed E-state index contributed by atoms with van der Waals surface area (Å²) in [5.74, 6) is -0.586. The SMILES string of the molecule is COC(=O)c1nc(C)cc(Oc2ccc(F)c(Br)c2)n1. The van der Waals surface area contributed by atoms with Crippen LogP contribution in [0, 0.1) is 12.7 Å². The van der Waals surface area contributed by atoms with E-state index < -0.39 is 11.8 Å². The number of hydrogen-bond acceptors (Lipinski definition) is 5. The molecule has 0 spiro atoms. The molecule has 1 heterocycles. The third-order valence-corrected chi connectivity index (χ3v) is 2.92. The standard InChI is InChI=1S/C13H10BrFN2O3/c1-7-5-11(17-12(16-7)13(18)19-2)20-8-3-4-10(15)9(14)6-8/h3-6H,1-2H3. The van der Waals surface area contributed by atoms with Crippen molar-refractivity contribution in [1.29, 1.82) is 0 Å². The van der Waals surface area contributed by atoms with Gasteiger partial charge < -0.3 is 9.47 Å². The first-order valence-corrected chi connectivity index (χ1v) is 6.36. The van der Waals surface area contributed by atoms with Crippen LogP contribution >= 0.6 is 15.9 Å². The van der Waals surface area contributed by atoms with Crippen molar-refractivity contribution in [2.75, 3.05) is 7.11 Å². The molecule has 2 aromatic rings. The normalized spacial score (nSPS) is 10.2. The third-order valence-electron chi connectivity index (χ3n) is 2.31. The van der Waals surface area contributed by atoms with E-state index in [-0.39, 0.29) is 16.2 Å². The van der Waals surface area contributed by atoms with Crippen LogP contribution in [0.4, 0.5) is 4.39 Å². The lowest BCUT2D eigenvalue weighted by molar-refractivity contribution is 0.0585. The van der Waals surface area contributed by atoms with Crippen LogP contribution in [0.1, 0.15) is 16.3 Å². The van der Waals surface area contributed by atoms with Crippen molar-refractivity contribution >= 4 is 21.9 Å². The van der Waals surface area contributed by atoms with Gasteiger partial charge in [0.2, 0.25) is 11.7 Å². The van der Waals surface area contributed by atoms with Crippen molar-refractivity contribution in [2.24, 2.45) is 0 Å². The topological polar surface area (TPSA) is 61.3 Å². The minimum Gasteiger partial charge on any atom is -0.463 e. The smallest absolute Gasteiger partial charge is 0.376 e. The molecule has 0 aliphatic carbocycles. The minimum atomic E-state index is -0.654. The Labute approximate surface area is 122 Å². The number of benzene rings is 1. The molecule has 0 fully saturated rings. The quantitative estimate of drug-likeness (QED) is 0.802. The predicted octanol–water partition coefficient (Wildman–Crippen LogP) is 3.27. The molecule has 0 N–H and O–H groups in total. The van der Waals surface area contributed by atoms with E-state index in [2.05, 4.69) is 30.6 Å². The molecule has 5 nitrogen and oxygen atoms in total. The van der Waals surface area contributed by atoms with Crippen LogP contribution in [-0.2, 0) is 4.74 Å². The lowest BCUT2D eigenvalue weighted by atomic mass is 10.3. The fourth-order valence-electron chi connectivity index (χ4n) is 1.44. The van der Waals surface area contributed by atoms with Gasteiger partial charge in [-0.25, -0.2) is 14.2 Å². The molecule has 0 aliphatic heterocycles. The summed E-state index contributed by atoms with van der Waals surface area (Å²) >= 11 is 3.06. The second-order valence-corrected chi connectivity index (χ2v) is 4.70. The Morgan fingerprint density at radius 1 is 1.30 bits per heavy atom. The van der Waals surface area contributed by atoms with Crippen LogP contribution in [0.3, 0.4) is 0 Å². The van der Waals surface area contributed by atoms with E-state index in [4.69, 9.17) is 4.74 Å². The second-order valence-electron chi connectivity index (χ2n) is 3.84. The van der Waals surface area contributed by atoms with Crippen LogP contribution in [0.15, 0.2) is 28.7 Å². The van der Waals surface area contributed by atoms with Gasteiger partial charge in [0.1, 0.15) is 11.6 Å². The average Bonchev–Trinajstić information content (AvgIpc) is 2.41. The van der Waals surface area contributed by atoms with E-state index in [1.165, 1.54) is 25.3 Å². The molecule has 104 valence electrons. The molecule has 1 aromatic carbocycles. The molecule has 7 heteroatoms. The van der Waals surface area contributed by atoms with E-state index >= 15 is 0 Å². The molecule has 2 rings (SSSR count). The molecule has 0 radical (unpaired) electrons. The highest BCUT2D eigenvalue weighted by molar-refractivity contribution is 9.10. The zero-order valence-electron chi connectivity index (χ0n) is 10.7. The fraction of sp³-hybridized carbons (Fsp3) is 0.154. The number of carbonyl (C=O) groups is 1. The summed E-state index contributed by atoms with van der Waals surface area (Å²) in [7, 11) is 1.24. The Morgan fingerprint density at radius 3 is 2.70 bits per heavy atom. The summed E-state index contributed by atoms with van der Waals surface area (Å²) in [4.78, 5) is 19.3. The summed E-state index contributed by atoms with van der Waals surface area (Å²) in [6.45, 7) is 1.70. The fourth-order valence-corrected chi connectivity index (χ4v) is 1.79. The Kier molecular flexibility index (Phi) is 4.29. The molecule has 0 aliphatic rings. The highest BCUT2D eigenvalue weighted by Gasteiger charge is 2.13. The van der Waals surface area contributed by atoms with Crippen LogP contribution in [0.5, 0.6) is 11.6 Å². The molecule has 0 atom stereocenters. The van der Waals surface area contributed by atoms with Gasteiger partial charge in [0.15, 0.2) is 0 Å². The molecule has 0 saturated heterocycles. The number of halogens is 2. The Hall–Kier alpha value is -2.02. The highest BCUT2D eigenvalue weighted by Crippen LogP contribution is 2.25. The van der Waals surface area contributed by atoms with Crippen molar-refractivity contribution in [1.82, 2.24) is 9.97 Å². The summed E-state index contributed by atoms with van der Waals surface area (Å²) < 4.78 is 23.4. The molecule has 0 unspecified atom stereocenters. The lowest BCUT2D eigenvalue weighted by Gasteiger charge is -2.07. The predicted molar refractivity (Wildman–Crippen MR) is 72.3 cm³/mol. The van der Waals surface area contributed by atoms with Crippen molar-refractivity contribution in [3.8, 4) is 11.6 Å². The van der Waals surface area contributed by atoms with Gasteiger partial charge in [-0.3, -0.25) is 0 Å². The molecular weight excluding hydrogens is 331 g/mol. The molecule has 0 amide bonds. The van der Waals surface area contributed by atoms with Crippen molar-refractivity contribution in [3.05, 3.63) is 46.1 Å². The van der Waals surface area contributed by atoms with Crippen molar-refractivity contribution in [2.45, 2.75) is 6.92 Å². The number of carbonyl (C=O) groups excluding carboxylic acids is 1. The number of aromatic nitrogens is 2. The maximum atomic E-state index is 13.1. The van der Waals surface area contributed by atoms with Crippen LogP contribution < -0.4 is 4.74 Å². The second kappa shape index (κ2) is 5.96. The maximum absolute atomic E-state index is 13.1. The van der Waals surface area contributed by atoms with Crippen molar-refractivity contribution < 1.29 is 18.7 Å². The number of esters is 1. The van der Waals surface area contributed by atoms with Gasteiger partial charge >= 0.3 is 5.97 Å². The summed E-state index contributed by atoms with van der Waals surface area (Å²) in [6, 6.07) is 5.73. The van der Waals surface area contributed by atoms with Gasteiger partial charge in [-0.05, 0) is 41.1 Å². The highest BCUT2D eigenvalue weighted by atomic mass is 79.9. The zero-order chi connectivity index (χ0) is 14.7. The third kappa shape index (κ3) is 3.30. The maximum Gasteiger partial charge on any atom is 0.376 e. The minimum absolute atomic E-state index is 0.0938. The summed E-state index contributed by atoms with van der Waals surface area (Å²) in [6.07, 6.45) is 0. The number of ether oxygens (including phenoxy) is 2. The first-order chi connectivity index (χ1) is 9.49. The van der Waals surface area contributed by atoms with E-state index in [0.29, 0.717) is 11.4 Å². The van der Waals surface area contributed by atoms with Crippen LogP contribution in [0.25, 0.3) is 0 Å². The zero-order valence-corrected chi connectivity index (χ0v) is 12.3. The number of hydrogen-bond donors (Lipinski definition) is 0. The average molecular weight is 341 g/mol. The molecule has 0 bridgehead atoms. The Morgan fingerprint density at radius 2 is 2.05 bits per heavy atom. The van der Waals surface area contributed by atoms with E-state index in [1.54, 1.807) is 13.0 Å². The largest absolute Gasteiger partial charge is 0.463 e. The van der Waals surface area contributed by atoms with Gasteiger partial charge in [-0.2, -0.15) is 4.98 Å². The van der Waals surface area contributed by atoms with Gasteiger partial charge in [-0.15, -0.1) is 0 Å². The van der Waals surface area contributed by atoms with Gasteiger partial charge in [0, 0.05) is 11.8 Å². The number of rotatable bonds is 3. The molecule has 1 aromatic heterocycles. The van der Waals surface area contributed by atoms with Gasteiger partial charge in [0.05, 0.1) is 11.6 Å².